The number of aryl methyl sites for hydroxylation is 1. The molecule has 21 heavy (non-hydrogen) atoms. The van der Waals surface area contributed by atoms with Gasteiger partial charge in [-0.2, -0.15) is 0 Å². The molecule has 0 bridgehead atoms. The van der Waals surface area contributed by atoms with Crippen molar-refractivity contribution in [3.8, 4) is 5.69 Å². The Balaban J connectivity index is 1.65. The van der Waals surface area contributed by atoms with Gasteiger partial charge in [-0.05, 0) is 41.8 Å². The van der Waals surface area contributed by atoms with Crippen LogP contribution in [0, 0.1) is 0 Å². The SMILES string of the molecule is CCc1cccc(NCc2ccc(-n3ccnc3)cc2)c1. The third-order valence-electron chi connectivity index (χ3n) is 3.57. The Morgan fingerprint density at radius 2 is 1.90 bits per heavy atom. The fourth-order valence-electron chi connectivity index (χ4n) is 2.30. The summed E-state index contributed by atoms with van der Waals surface area (Å²) >= 11 is 0. The first-order valence-corrected chi connectivity index (χ1v) is 7.25. The van der Waals surface area contributed by atoms with Crippen molar-refractivity contribution in [1.82, 2.24) is 9.55 Å². The second-order valence-corrected chi connectivity index (χ2v) is 5.04. The first kappa shape index (κ1) is 13.4. The molecule has 2 aromatic carbocycles. The molecule has 0 atom stereocenters. The largest absolute Gasteiger partial charge is 0.381 e. The first-order valence-electron chi connectivity index (χ1n) is 7.25. The van der Waals surface area contributed by atoms with E-state index in [2.05, 4.69) is 65.8 Å². The van der Waals surface area contributed by atoms with E-state index in [0.29, 0.717) is 0 Å². The topological polar surface area (TPSA) is 29.9 Å². The van der Waals surface area contributed by atoms with Gasteiger partial charge in [0.1, 0.15) is 0 Å². The molecule has 1 heterocycles. The minimum atomic E-state index is 0.831. The number of imidazole rings is 1. The normalized spacial score (nSPS) is 10.5. The van der Waals surface area contributed by atoms with Crippen molar-refractivity contribution in [2.24, 2.45) is 0 Å². The van der Waals surface area contributed by atoms with E-state index in [1.807, 2.05) is 17.1 Å². The number of nitrogens with one attached hydrogen (secondary N) is 1. The Morgan fingerprint density at radius 1 is 1.05 bits per heavy atom. The van der Waals surface area contributed by atoms with Gasteiger partial charge >= 0.3 is 0 Å². The van der Waals surface area contributed by atoms with E-state index in [9.17, 15) is 0 Å². The number of benzene rings is 2. The lowest BCUT2D eigenvalue weighted by Crippen LogP contribution is -2.00. The van der Waals surface area contributed by atoms with Crippen LogP contribution in [-0.2, 0) is 13.0 Å². The number of anilines is 1. The number of hydrogen-bond acceptors (Lipinski definition) is 2. The van der Waals surface area contributed by atoms with Crippen molar-refractivity contribution >= 4 is 5.69 Å². The molecule has 0 aliphatic carbocycles. The third kappa shape index (κ3) is 3.31. The standard InChI is InChI=1S/C18H19N3/c1-2-15-4-3-5-17(12-15)20-13-16-6-8-18(9-7-16)21-11-10-19-14-21/h3-12,14,20H,2,13H2,1H3. The third-order valence-corrected chi connectivity index (χ3v) is 3.57. The molecule has 1 aromatic heterocycles. The number of rotatable bonds is 5. The second-order valence-electron chi connectivity index (χ2n) is 5.04. The highest BCUT2D eigenvalue weighted by Crippen LogP contribution is 2.14. The van der Waals surface area contributed by atoms with Gasteiger partial charge in [0.15, 0.2) is 0 Å². The Hall–Kier alpha value is -2.55. The quantitative estimate of drug-likeness (QED) is 0.762. The van der Waals surface area contributed by atoms with Crippen molar-refractivity contribution in [2.45, 2.75) is 19.9 Å². The highest BCUT2D eigenvalue weighted by molar-refractivity contribution is 5.46. The van der Waals surface area contributed by atoms with E-state index < -0.39 is 0 Å². The van der Waals surface area contributed by atoms with Crippen LogP contribution in [0.2, 0.25) is 0 Å². The molecule has 3 aromatic rings. The number of hydrogen-bond donors (Lipinski definition) is 1. The van der Waals surface area contributed by atoms with E-state index in [0.717, 1.165) is 18.7 Å². The van der Waals surface area contributed by atoms with Crippen LogP contribution in [0.15, 0.2) is 67.3 Å². The summed E-state index contributed by atoms with van der Waals surface area (Å²) in [5.74, 6) is 0. The summed E-state index contributed by atoms with van der Waals surface area (Å²) in [5.41, 5.74) is 4.92. The zero-order valence-electron chi connectivity index (χ0n) is 12.2. The summed E-state index contributed by atoms with van der Waals surface area (Å²) in [6.07, 6.45) is 6.61. The van der Waals surface area contributed by atoms with Crippen molar-refractivity contribution in [2.75, 3.05) is 5.32 Å². The fraction of sp³-hybridized carbons (Fsp3) is 0.167. The molecule has 0 amide bonds. The van der Waals surface area contributed by atoms with Crippen LogP contribution in [0.3, 0.4) is 0 Å². The van der Waals surface area contributed by atoms with Gasteiger partial charge in [0, 0.05) is 30.3 Å². The predicted molar refractivity (Wildman–Crippen MR) is 86.7 cm³/mol. The second kappa shape index (κ2) is 6.27. The van der Waals surface area contributed by atoms with Crippen LogP contribution >= 0.6 is 0 Å². The van der Waals surface area contributed by atoms with Gasteiger partial charge in [0.25, 0.3) is 0 Å². The lowest BCUT2D eigenvalue weighted by Gasteiger charge is -2.09. The maximum atomic E-state index is 4.06. The zero-order valence-corrected chi connectivity index (χ0v) is 12.2. The lowest BCUT2D eigenvalue weighted by atomic mass is 10.1. The molecule has 3 rings (SSSR count). The maximum absolute atomic E-state index is 4.06. The summed E-state index contributed by atoms with van der Waals surface area (Å²) in [6.45, 7) is 3.01. The molecule has 106 valence electrons. The van der Waals surface area contributed by atoms with Gasteiger partial charge in [-0.15, -0.1) is 0 Å². The van der Waals surface area contributed by atoms with E-state index in [1.165, 1.54) is 16.8 Å². The Bertz CT molecular complexity index is 685. The molecule has 0 saturated carbocycles. The van der Waals surface area contributed by atoms with E-state index in [4.69, 9.17) is 0 Å². The average molecular weight is 277 g/mol. The molecule has 0 aliphatic heterocycles. The van der Waals surface area contributed by atoms with Crippen molar-refractivity contribution in [1.29, 1.82) is 0 Å². The van der Waals surface area contributed by atoms with Crippen LogP contribution in [0.25, 0.3) is 5.69 Å². The number of aromatic nitrogens is 2. The predicted octanol–water partition coefficient (Wildman–Crippen LogP) is 4.05. The van der Waals surface area contributed by atoms with Gasteiger partial charge in [-0.3, -0.25) is 0 Å². The summed E-state index contributed by atoms with van der Waals surface area (Å²) < 4.78 is 2.00. The Kier molecular flexibility index (Phi) is 4.01. The highest BCUT2D eigenvalue weighted by Gasteiger charge is 1.98. The summed E-state index contributed by atoms with van der Waals surface area (Å²) in [4.78, 5) is 4.06. The highest BCUT2D eigenvalue weighted by atomic mass is 15.0. The minimum absolute atomic E-state index is 0.831. The average Bonchev–Trinajstić information content (AvgIpc) is 3.08. The van der Waals surface area contributed by atoms with Gasteiger partial charge in [-0.1, -0.05) is 31.2 Å². The monoisotopic (exact) mass is 277 g/mol. The molecule has 0 radical (unpaired) electrons. The Labute approximate surface area is 125 Å². The molecule has 1 N–H and O–H groups in total. The molecular weight excluding hydrogens is 258 g/mol. The molecule has 0 aliphatic rings. The van der Waals surface area contributed by atoms with E-state index in [1.54, 1.807) is 6.20 Å². The number of nitrogens with zero attached hydrogens (tertiary/aromatic N) is 2. The first-order chi connectivity index (χ1) is 10.3. The molecule has 0 saturated heterocycles. The van der Waals surface area contributed by atoms with Crippen molar-refractivity contribution < 1.29 is 0 Å². The van der Waals surface area contributed by atoms with Gasteiger partial charge in [0.05, 0.1) is 6.33 Å². The van der Waals surface area contributed by atoms with Crippen molar-refractivity contribution in [3.05, 3.63) is 78.4 Å². The molecule has 3 nitrogen and oxygen atoms in total. The lowest BCUT2D eigenvalue weighted by molar-refractivity contribution is 1.05. The molecule has 0 spiro atoms. The van der Waals surface area contributed by atoms with E-state index >= 15 is 0 Å². The molecular formula is C18H19N3. The maximum Gasteiger partial charge on any atom is 0.0991 e. The zero-order chi connectivity index (χ0) is 14.5. The van der Waals surface area contributed by atoms with Crippen LogP contribution in [-0.4, -0.2) is 9.55 Å². The minimum Gasteiger partial charge on any atom is -0.381 e. The Morgan fingerprint density at radius 3 is 2.62 bits per heavy atom. The van der Waals surface area contributed by atoms with E-state index in [-0.39, 0.29) is 0 Å². The van der Waals surface area contributed by atoms with Gasteiger partial charge < -0.3 is 9.88 Å². The molecule has 0 unspecified atom stereocenters. The summed E-state index contributed by atoms with van der Waals surface area (Å²) in [6, 6.07) is 17.1. The van der Waals surface area contributed by atoms with Gasteiger partial charge in [0.2, 0.25) is 0 Å². The summed E-state index contributed by atoms with van der Waals surface area (Å²) in [5, 5.41) is 3.47. The smallest absolute Gasteiger partial charge is 0.0991 e. The van der Waals surface area contributed by atoms with Crippen LogP contribution in [0.5, 0.6) is 0 Å². The summed E-state index contributed by atoms with van der Waals surface area (Å²) in [7, 11) is 0. The van der Waals surface area contributed by atoms with Crippen LogP contribution in [0.1, 0.15) is 18.1 Å². The fourth-order valence-corrected chi connectivity index (χ4v) is 2.30. The van der Waals surface area contributed by atoms with Crippen molar-refractivity contribution in [3.63, 3.8) is 0 Å². The molecule has 0 fully saturated rings. The van der Waals surface area contributed by atoms with Crippen LogP contribution < -0.4 is 5.32 Å². The van der Waals surface area contributed by atoms with Gasteiger partial charge in [-0.25, -0.2) is 4.98 Å². The molecule has 3 heteroatoms. The van der Waals surface area contributed by atoms with Crippen LogP contribution in [0.4, 0.5) is 5.69 Å².